The van der Waals surface area contributed by atoms with Crippen LogP contribution in [0.1, 0.15) is 19.4 Å². The van der Waals surface area contributed by atoms with Crippen LogP contribution in [0, 0.1) is 12.8 Å². The van der Waals surface area contributed by atoms with E-state index >= 15 is 0 Å². The fraction of sp³-hybridized carbons (Fsp3) is 0.267. The highest BCUT2D eigenvalue weighted by Gasteiger charge is 2.08. The molecule has 6 heteroatoms. The summed E-state index contributed by atoms with van der Waals surface area (Å²) < 4.78 is 1.06. The van der Waals surface area contributed by atoms with E-state index in [1.165, 1.54) is 0 Å². The van der Waals surface area contributed by atoms with Gasteiger partial charge in [-0.05, 0) is 42.8 Å². The number of hydrogen-bond acceptors (Lipinski definition) is 4. The normalized spacial score (nSPS) is 10.5. The minimum absolute atomic E-state index is 0.0754. The van der Waals surface area contributed by atoms with Gasteiger partial charge in [0.2, 0.25) is 5.91 Å². The van der Waals surface area contributed by atoms with Crippen LogP contribution in [0.5, 0.6) is 0 Å². The van der Waals surface area contributed by atoms with Gasteiger partial charge in [-0.15, -0.1) is 10.2 Å². The third-order valence-corrected chi connectivity index (χ3v) is 3.76. The Morgan fingerprint density at radius 1 is 1.14 bits per heavy atom. The highest BCUT2D eigenvalue weighted by Crippen LogP contribution is 2.22. The van der Waals surface area contributed by atoms with Crippen LogP contribution in [-0.4, -0.2) is 16.1 Å². The average molecular weight is 349 g/mol. The van der Waals surface area contributed by atoms with Gasteiger partial charge in [0.15, 0.2) is 11.6 Å². The number of benzene rings is 1. The van der Waals surface area contributed by atoms with Crippen LogP contribution in [0.4, 0.5) is 17.3 Å². The molecule has 1 heterocycles. The zero-order valence-corrected chi connectivity index (χ0v) is 13.7. The number of anilines is 3. The van der Waals surface area contributed by atoms with Crippen LogP contribution in [0.25, 0.3) is 0 Å². The second-order valence-electron chi connectivity index (χ2n) is 5.04. The van der Waals surface area contributed by atoms with Crippen molar-refractivity contribution in [2.45, 2.75) is 20.8 Å². The molecule has 0 atom stereocenters. The number of hydrogen-bond donors (Lipinski definition) is 2. The number of amides is 1. The topological polar surface area (TPSA) is 66.9 Å². The van der Waals surface area contributed by atoms with Gasteiger partial charge in [0, 0.05) is 16.1 Å². The number of aryl methyl sites for hydroxylation is 1. The maximum Gasteiger partial charge on any atom is 0.228 e. The van der Waals surface area contributed by atoms with Crippen molar-refractivity contribution < 1.29 is 4.79 Å². The van der Waals surface area contributed by atoms with Crippen molar-refractivity contribution in [3.63, 3.8) is 0 Å². The predicted octanol–water partition coefficient (Wildman–Crippen LogP) is 3.89. The van der Waals surface area contributed by atoms with Gasteiger partial charge in [0.05, 0.1) is 0 Å². The van der Waals surface area contributed by atoms with Gasteiger partial charge in [-0.2, -0.15) is 0 Å². The van der Waals surface area contributed by atoms with Gasteiger partial charge in [0.1, 0.15) is 0 Å². The molecule has 0 aliphatic rings. The predicted molar refractivity (Wildman–Crippen MR) is 87.7 cm³/mol. The summed E-state index contributed by atoms with van der Waals surface area (Å²) in [5, 5.41) is 13.9. The summed E-state index contributed by atoms with van der Waals surface area (Å²) in [6.07, 6.45) is 0. The second kappa shape index (κ2) is 6.67. The Morgan fingerprint density at radius 3 is 2.38 bits per heavy atom. The van der Waals surface area contributed by atoms with Crippen LogP contribution >= 0.6 is 15.9 Å². The maximum atomic E-state index is 11.6. The first-order valence-electron chi connectivity index (χ1n) is 6.63. The molecule has 0 bridgehead atoms. The van der Waals surface area contributed by atoms with Crippen molar-refractivity contribution in [3.05, 3.63) is 40.4 Å². The Kier molecular flexibility index (Phi) is 4.90. The number of aromatic nitrogens is 2. The number of halogens is 1. The van der Waals surface area contributed by atoms with Crippen LogP contribution in [0.3, 0.4) is 0 Å². The van der Waals surface area contributed by atoms with Crippen molar-refractivity contribution >= 4 is 39.2 Å². The molecule has 2 rings (SSSR count). The molecule has 5 nitrogen and oxygen atoms in total. The molecule has 1 aromatic heterocycles. The number of carbonyl (C=O) groups excluding carboxylic acids is 1. The van der Waals surface area contributed by atoms with E-state index in [2.05, 4.69) is 36.8 Å². The fourth-order valence-corrected chi connectivity index (χ4v) is 1.85. The van der Waals surface area contributed by atoms with Crippen LogP contribution in [-0.2, 0) is 4.79 Å². The molecule has 0 saturated carbocycles. The monoisotopic (exact) mass is 348 g/mol. The van der Waals surface area contributed by atoms with E-state index in [0.29, 0.717) is 11.6 Å². The molecule has 2 N–H and O–H groups in total. The third kappa shape index (κ3) is 4.26. The van der Waals surface area contributed by atoms with Crippen molar-refractivity contribution in [1.29, 1.82) is 0 Å². The van der Waals surface area contributed by atoms with Gasteiger partial charge in [-0.1, -0.05) is 29.8 Å². The lowest BCUT2D eigenvalue weighted by molar-refractivity contribution is -0.118. The third-order valence-electron chi connectivity index (χ3n) is 2.87. The van der Waals surface area contributed by atoms with E-state index in [-0.39, 0.29) is 11.8 Å². The lowest BCUT2D eigenvalue weighted by atomic mass is 10.2. The molecule has 21 heavy (non-hydrogen) atoms. The molecule has 2 aromatic rings. The molecule has 0 fully saturated rings. The Hall–Kier alpha value is -1.95. The molecule has 0 unspecified atom stereocenters. The van der Waals surface area contributed by atoms with Gasteiger partial charge >= 0.3 is 0 Å². The van der Waals surface area contributed by atoms with E-state index in [0.717, 1.165) is 15.7 Å². The van der Waals surface area contributed by atoms with Gasteiger partial charge < -0.3 is 10.6 Å². The lowest BCUT2D eigenvalue weighted by Gasteiger charge is -2.09. The minimum Gasteiger partial charge on any atom is -0.339 e. The van der Waals surface area contributed by atoms with Crippen molar-refractivity contribution in [1.82, 2.24) is 10.2 Å². The van der Waals surface area contributed by atoms with E-state index in [9.17, 15) is 4.79 Å². The number of nitrogens with one attached hydrogen (secondary N) is 2. The highest BCUT2D eigenvalue weighted by atomic mass is 79.9. The first kappa shape index (κ1) is 15.4. The largest absolute Gasteiger partial charge is 0.339 e. The Bertz CT molecular complexity index is 641. The van der Waals surface area contributed by atoms with Crippen molar-refractivity contribution in [2.24, 2.45) is 5.92 Å². The summed E-state index contributed by atoms with van der Waals surface area (Å²) in [5.74, 6) is 0.911. The Morgan fingerprint density at radius 2 is 1.81 bits per heavy atom. The minimum atomic E-state index is -0.0876. The Balaban J connectivity index is 2.05. The van der Waals surface area contributed by atoms with E-state index < -0.39 is 0 Å². The Labute approximate surface area is 132 Å². The molecule has 1 amide bonds. The highest BCUT2D eigenvalue weighted by molar-refractivity contribution is 9.10. The summed E-state index contributed by atoms with van der Waals surface area (Å²) in [7, 11) is 0. The van der Waals surface area contributed by atoms with Crippen LogP contribution < -0.4 is 10.6 Å². The van der Waals surface area contributed by atoms with E-state index in [1.54, 1.807) is 12.1 Å². The zero-order chi connectivity index (χ0) is 15.4. The SMILES string of the molecule is Cc1cc(Nc2ccc(NC(=O)C(C)C)nn2)ccc1Br. The summed E-state index contributed by atoms with van der Waals surface area (Å²) in [5.41, 5.74) is 2.07. The molecule has 0 aliphatic carbocycles. The van der Waals surface area contributed by atoms with E-state index in [1.807, 2.05) is 39.0 Å². The zero-order valence-electron chi connectivity index (χ0n) is 12.1. The van der Waals surface area contributed by atoms with Gasteiger partial charge in [-0.3, -0.25) is 4.79 Å². The molecule has 0 spiro atoms. The number of rotatable bonds is 4. The summed E-state index contributed by atoms with van der Waals surface area (Å²) in [6, 6.07) is 9.44. The van der Waals surface area contributed by atoms with Gasteiger partial charge in [-0.25, -0.2) is 0 Å². The standard InChI is InChI=1S/C15H17BrN4O/c1-9(2)15(21)18-14-7-6-13(19-20-14)17-11-4-5-12(16)10(3)8-11/h4-9H,1-3H3,(H,17,19)(H,18,20,21). The molecular formula is C15H17BrN4O. The van der Waals surface area contributed by atoms with Gasteiger partial charge in [0.25, 0.3) is 0 Å². The average Bonchev–Trinajstić information content (AvgIpc) is 2.45. The van der Waals surface area contributed by atoms with Crippen molar-refractivity contribution in [3.8, 4) is 0 Å². The van der Waals surface area contributed by atoms with Crippen LogP contribution in [0.15, 0.2) is 34.8 Å². The first-order chi connectivity index (χ1) is 9.95. The first-order valence-corrected chi connectivity index (χ1v) is 7.43. The summed E-state index contributed by atoms with van der Waals surface area (Å²) in [6.45, 7) is 5.68. The smallest absolute Gasteiger partial charge is 0.228 e. The molecule has 0 aliphatic heterocycles. The number of nitrogens with zero attached hydrogens (tertiary/aromatic N) is 2. The summed E-state index contributed by atoms with van der Waals surface area (Å²) in [4.78, 5) is 11.6. The molecule has 0 saturated heterocycles. The van der Waals surface area contributed by atoms with Crippen molar-refractivity contribution in [2.75, 3.05) is 10.6 Å². The molecular weight excluding hydrogens is 332 g/mol. The molecule has 1 aromatic carbocycles. The molecule has 110 valence electrons. The number of carbonyl (C=O) groups is 1. The quantitative estimate of drug-likeness (QED) is 0.879. The summed E-state index contributed by atoms with van der Waals surface area (Å²) >= 11 is 3.46. The van der Waals surface area contributed by atoms with E-state index in [4.69, 9.17) is 0 Å². The lowest BCUT2D eigenvalue weighted by Crippen LogP contribution is -2.18. The van der Waals surface area contributed by atoms with Crippen LogP contribution in [0.2, 0.25) is 0 Å². The molecule has 0 radical (unpaired) electrons. The fourth-order valence-electron chi connectivity index (χ4n) is 1.61. The second-order valence-corrected chi connectivity index (χ2v) is 5.89. The maximum absolute atomic E-state index is 11.6.